The van der Waals surface area contributed by atoms with Crippen LogP contribution < -0.4 is 14.2 Å². The molecule has 0 aliphatic rings. The molecule has 0 amide bonds. The fraction of sp³-hybridized carbons (Fsp3) is 0.0323. The Kier molecular flexibility index (Phi) is 29.3. The number of hydrogen-bond acceptors (Lipinski definition) is 13. The largest absolute Gasteiger partial charge is 0.497 e. The standard InChI is InChI=1S/C20H18N2O3.C19H16N2O2.3C18H13ClN2O/c1-24-17-10-11-18(19(14-17)25-2)20(23)22-13-12-16(21-22)9-8-15-6-4-3-5-7-15;1-23-18-11-8-16(9-12-18)19(22)21-14-13-17(20-21)10-7-15-5-3-2-4-6-15;19-17-9-5-4-8-16(17)18(22)21-13-12-15(20-21)11-10-14-6-2-1-3-7-14;19-16-8-4-7-15(13-16)18(22)21-12-11-17(20-21)10-9-14-5-2-1-3-6-14;19-16-9-7-15(8-10-16)18(22)21-13-12-17(20-21)11-6-14-4-2-1-3-5-14/h3-14H,1-2H3;2-14H,1H3;3*1-13H/b9-8+;10-7+;11-10+;10-9+;11-6+. The van der Waals surface area contributed by atoms with Crippen molar-refractivity contribution in [1.29, 1.82) is 0 Å². The van der Waals surface area contributed by atoms with E-state index in [0.717, 1.165) is 44.9 Å². The van der Waals surface area contributed by atoms with Crippen molar-refractivity contribution >= 4 is 125 Å². The molecule has 0 radical (unpaired) electrons. The van der Waals surface area contributed by atoms with Gasteiger partial charge in [0.2, 0.25) is 0 Å². The van der Waals surface area contributed by atoms with Gasteiger partial charge >= 0.3 is 0 Å². The van der Waals surface area contributed by atoms with Crippen LogP contribution in [-0.4, -0.2) is 99.8 Å². The summed E-state index contributed by atoms with van der Waals surface area (Å²) in [6.07, 6.45) is 27.4. The molecule has 0 aliphatic heterocycles. The monoisotopic (exact) mass is 1560 g/mol. The van der Waals surface area contributed by atoms with E-state index in [-0.39, 0.29) is 29.5 Å². The van der Waals surface area contributed by atoms with Crippen LogP contribution >= 0.6 is 34.8 Å². The lowest BCUT2D eigenvalue weighted by Gasteiger charge is -2.09. The van der Waals surface area contributed by atoms with Crippen LogP contribution in [0.2, 0.25) is 15.1 Å². The second-order valence-corrected chi connectivity index (χ2v) is 25.7. The Morgan fingerprint density at radius 2 is 0.579 bits per heavy atom. The van der Waals surface area contributed by atoms with Crippen molar-refractivity contribution < 1.29 is 38.2 Å². The molecule has 0 spiro atoms. The molecule has 5 aromatic heterocycles. The lowest BCUT2D eigenvalue weighted by molar-refractivity contribution is 0.0934. The minimum atomic E-state index is -0.265. The van der Waals surface area contributed by atoms with E-state index in [1.54, 1.807) is 191 Å². The molecule has 564 valence electrons. The zero-order valence-electron chi connectivity index (χ0n) is 61.8. The molecule has 15 rings (SSSR count). The third-order valence-corrected chi connectivity index (χ3v) is 17.4. The van der Waals surface area contributed by atoms with Gasteiger partial charge in [-0.3, -0.25) is 24.0 Å². The molecule has 0 bridgehead atoms. The molecular formula is C93H73Cl3N10O8. The molecule has 114 heavy (non-hydrogen) atoms. The molecule has 21 heteroatoms. The van der Waals surface area contributed by atoms with Crippen molar-refractivity contribution in [2.45, 2.75) is 0 Å². The minimum absolute atomic E-state index is 0.174. The first-order valence-corrected chi connectivity index (χ1v) is 36.6. The molecule has 0 aliphatic carbocycles. The minimum Gasteiger partial charge on any atom is -0.497 e. The molecule has 18 nitrogen and oxygen atoms in total. The van der Waals surface area contributed by atoms with Gasteiger partial charge in [-0.15, -0.1) is 0 Å². The number of carbonyl (C=O) groups excluding carboxylic acids is 5. The van der Waals surface area contributed by atoms with Gasteiger partial charge in [0.1, 0.15) is 17.2 Å². The first kappa shape index (κ1) is 80.6. The number of aromatic nitrogens is 10. The number of hydrogen-bond donors (Lipinski definition) is 0. The fourth-order valence-corrected chi connectivity index (χ4v) is 11.2. The van der Waals surface area contributed by atoms with E-state index in [4.69, 9.17) is 49.0 Å². The summed E-state index contributed by atoms with van der Waals surface area (Å²) in [7, 11) is 4.67. The van der Waals surface area contributed by atoms with Crippen LogP contribution in [0.5, 0.6) is 17.2 Å². The lowest BCUT2D eigenvalue weighted by Crippen LogP contribution is -2.14. The van der Waals surface area contributed by atoms with Gasteiger partial charge in [-0.05, 0) is 180 Å². The Morgan fingerprint density at radius 3 is 0.921 bits per heavy atom. The number of methoxy groups -OCH3 is 3. The molecule has 0 fully saturated rings. The van der Waals surface area contributed by atoms with Crippen molar-refractivity contribution in [1.82, 2.24) is 48.9 Å². The van der Waals surface area contributed by atoms with Crippen molar-refractivity contribution in [2.24, 2.45) is 0 Å². The maximum absolute atomic E-state index is 12.7. The number of halogens is 3. The Morgan fingerprint density at radius 1 is 0.263 bits per heavy atom. The summed E-state index contributed by atoms with van der Waals surface area (Å²) >= 11 is 17.8. The molecule has 10 aromatic carbocycles. The van der Waals surface area contributed by atoms with Crippen LogP contribution in [0.3, 0.4) is 0 Å². The quantitative estimate of drug-likeness (QED) is 0.0786. The van der Waals surface area contributed by atoms with Gasteiger partial charge < -0.3 is 14.2 Å². The third kappa shape index (κ3) is 23.8. The van der Waals surface area contributed by atoms with Crippen LogP contribution in [0.15, 0.2) is 328 Å². The van der Waals surface area contributed by atoms with Gasteiger partial charge in [-0.1, -0.05) is 235 Å². The molecule has 15 aromatic rings. The molecule has 0 saturated carbocycles. The van der Waals surface area contributed by atoms with Crippen molar-refractivity contribution in [3.05, 3.63) is 427 Å². The summed E-state index contributed by atoms with van der Waals surface area (Å²) in [5.41, 5.74) is 11.5. The SMILES string of the molecule is COc1ccc(C(=O)n2ccc(/C=C/c3ccccc3)n2)c(OC)c1.COc1ccc(C(=O)n2ccc(/C=C/c3ccccc3)n2)cc1.O=C(c1ccc(Cl)cc1)n1ccc(/C=C/c2ccccc2)n1.O=C(c1cccc(Cl)c1)n1ccc(/C=C/c2ccccc2)n1.O=C(c1ccccc1Cl)n1ccc(/C=C/c2ccccc2)n1. The van der Waals surface area contributed by atoms with Gasteiger partial charge in [0.15, 0.2) is 0 Å². The number of nitrogens with zero attached hydrogens (tertiary/aromatic N) is 10. The second-order valence-electron chi connectivity index (χ2n) is 24.5. The Labute approximate surface area is 673 Å². The molecule has 5 heterocycles. The molecular weight excluding hydrogens is 1490 g/mol. The van der Waals surface area contributed by atoms with Crippen molar-refractivity contribution in [2.75, 3.05) is 21.3 Å². The first-order valence-electron chi connectivity index (χ1n) is 35.4. The van der Waals surface area contributed by atoms with Crippen LogP contribution in [0, 0.1) is 0 Å². The van der Waals surface area contributed by atoms with Crippen LogP contribution in [-0.2, 0) is 0 Å². The summed E-state index contributed by atoms with van der Waals surface area (Å²) in [6.45, 7) is 0. The van der Waals surface area contributed by atoms with E-state index >= 15 is 0 Å². The Bertz CT molecular complexity index is 5840. The highest BCUT2D eigenvalue weighted by Gasteiger charge is 2.18. The number of benzene rings is 10. The smallest absolute Gasteiger partial charge is 0.281 e. The number of carbonyl (C=O) groups is 5. The van der Waals surface area contributed by atoms with E-state index in [0.29, 0.717) is 71.5 Å². The molecule has 0 atom stereocenters. The highest BCUT2D eigenvalue weighted by atomic mass is 35.5. The van der Waals surface area contributed by atoms with E-state index in [1.165, 1.54) is 30.5 Å². The average Bonchev–Trinajstić information content (AvgIpc) is 1.53. The Hall–Kier alpha value is -14.4. The zero-order chi connectivity index (χ0) is 79.8. The highest BCUT2D eigenvalue weighted by Crippen LogP contribution is 2.26. The van der Waals surface area contributed by atoms with Gasteiger partial charge in [0.05, 0.1) is 65.9 Å². The number of ether oxygens (including phenoxy) is 3. The predicted molar refractivity (Wildman–Crippen MR) is 454 cm³/mol. The Balaban J connectivity index is 0.000000141. The normalized spacial score (nSPS) is 10.9. The maximum Gasteiger partial charge on any atom is 0.281 e. The van der Waals surface area contributed by atoms with Gasteiger partial charge in [-0.2, -0.15) is 25.5 Å². The summed E-state index contributed by atoms with van der Waals surface area (Å²) in [4.78, 5) is 62.0. The van der Waals surface area contributed by atoms with E-state index in [2.05, 4.69) is 25.5 Å². The summed E-state index contributed by atoms with van der Waals surface area (Å²) in [6, 6.07) is 91.1. The van der Waals surface area contributed by atoms with E-state index in [9.17, 15) is 24.0 Å². The second kappa shape index (κ2) is 41.4. The molecule has 0 N–H and O–H groups in total. The fourth-order valence-electron chi connectivity index (χ4n) is 10.6. The van der Waals surface area contributed by atoms with Crippen LogP contribution in [0.25, 0.3) is 60.8 Å². The first-order chi connectivity index (χ1) is 55.6. The van der Waals surface area contributed by atoms with Gasteiger partial charge in [-0.25, -0.2) is 23.4 Å². The van der Waals surface area contributed by atoms with Gasteiger partial charge in [0, 0.05) is 63.8 Å². The third-order valence-electron chi connectivity index (χ3n) is 16.6. The topological polar surface area (TPSA) is 202 Å². The summed E-state index contributed by atoms with van der Waals surface area (Å²) < 4.78 is 22.1. The van der Waals surface area contributed by atoms with Gasteiger partial charge in [0.25, 0.3) is 29.5 Å². The lowest BCUT2D eigenvalue weighted by atomic mass is 10.2. The number of rotatable bonds is 18. The van der Waals surface area contributed by atoms with Crippen molar-refractivity contribution in [3.63, 3.8) is 0 Å². The molecule has 0 unspecified atom stereocenters. The van der Waals surface area contributed by atoms with Crippen LogP contribution in [0.1, 0.15) is 108 Å². The van der Waals surface area contributed by atoms with Crippen molar-refractivity contribution in [3.8, 4) is 17.2 Å². The average molecular weight is 1570 g/mol. The molecule has 0 saturated heterocycles. The van der Waals surface area contributed by atoms with Crippen LogP contribution in [0.4, 0.5) is 0 Å². The van der Waals surface area contributed by atoms with E-state index < -0.39 is 0 Å². The predicted octanol–water partition coefficient (Wildman–Crippen LogP) is 20.7. The summed E-state index contributed by atoms with van der Waals surface area (Å²) in [5, 5.41) is 23.0. The summed E-state index contributed by atoms with van der Waals surface area (Å²) in [5.74, 6) is 0.712. The highest BCUT2D eigenvalue weighted by molar-refractivity contribution is 6.34. The zero-order valence-corrected chi connectivity index (χ0v) is 64.1. The van der Waals surface area contributed by atoms with E-state index in [1.807, 2.05) is 212 Å². The maximum atomic E-state index is 12.7.